The van der Waals surface area contributed by atoms with Crippen molar-refractivity contribution >= 4 is 28.5 Å². The highest BCUT2D eigenvalue weighted by Crippen LogP contribution is 2.41. The van der Waals surface area contributed by atoms with E-state index in [1.165, 1.54) is 0 Å². The normalized spacial score (nSPS) is 15.6. The van der Waals surface area contributed by atoms with E-state index in [0.29, 0.717) is 11.5 Å². The number of hydrogen-bond donors (Lipinski definition) is 1. The van der Waals surface area contributed by atoms with E-state index in [0.717, 1.165) is 64.7 Å². The van der Waals surface area contributed by atoms with Crippen LogP contribution < -0.4 is 5.32 Å². The third-order valence-corrected chi connectivity index (χ3v) is 7.47. The number of fused-ring (bicyclic) bond motifs is 2. The van der Waals surface area contributed by atoms with Crippen LogP contribution in [0.2, 0.25) is 0 Å². The number of hydrogen-bond acceptors (Lipinski definition) is 4. The van der Waals surface area contributed by atoms with E-state index in [9.17, 15) is 9.59 Å². The Morgan fingerprint density at radius 2 is 1.91 bits per heavy atom. The zero-order valence-electron chi connectivity index (χ0n) is 20.8. The van der Waals surface area contributed by atoms with Crippen LogP contribution >= 0.6 is 0 Å². The summed E-state index contributed by atoms with van der Waals surface area (Å²) >= 11 is 0. The number of aryl methyl sites for hydroxylation is 3. The van der Waals surface area contributed by atoms with E-state index >= 15 is 0 Å². The number of nitrogens with zero attached hydrogens (tertiary/aromatic N) is 1. The highest BCUT2D eigenvalue weighted by Gasteiger charge is 2.34. The summed E-state index contributed by atoms with van der Waals surface area (Å²) in [4.78, 5) is 30.8. The molecule has 0 bridgehead atoms. The van der Waals surface area contributed by atoms with E-state index in [1.807, 2.05) is 56.3 Å². The van der Waals surface area contributed by atoms with Crippen molar-refractivity contribution in [2.45, 2.75) is 60.3 Å². The molecule has 0 radical (unpaired) electrons. The average Bonchev–Trinajstić information content (AvgIpc) is 2.82. The van der Waals surface area contributed by atoms with Crippen molar-refractivity contribution in [3.8, 4) is 0 Å². The molecule has 0 saturated carbocycles. The first-order valence-electron chi connectivity index (χ1n) is 12.1. The van der Waals surface area contributed by atoms with Gasteiger partial charge in [-0.1, -0.05) is 63.1 Å². The van der Waals surface area contributed by atoms with Crippen LogP contribution in [-0.4, -0.2) is 23.5 Å². The molecule has 1 aromatic heterocycles. The molecule has 0 fully saturated rings. The molecule has 0 saturated heterocycles. The highest BCUT2D eigenvalue weighted by atomic mass is 16.5. The minimum Gasteiger partial charge on any atom is -0.452 e. The van der Waals surface area contributed by atoms with Crippen molar-refractivity contribution < 1.29 is 14.3 Å². The molecule has 1 unspecified atom stereocenters. The molecule has 1 amide bonds. The molecule has 5 nitrogen and oxygen atoms in total. The third-order valence-electron chi connectivity index (χ3n) is 7.47. The SMILES string of the molecule is CCC(C)(C)C1CCc2nc3ccccc3c(C(=O)OCC(=O)Nc3ccc(C)cc3C)c2C1. The Kier molecular flexibility index (Phi) is 6.74. The Morgan fingerprint density at radius 1 is 1.15 bits per heavy atom. The van der Waals surface area contributed by atoms with E-state index in [-0.39, 0.29) is 17.9 Å². The van der Waals surface area contributed by atoms with Gasteiger partial charge in [-0.3, -0.25) is 9.78 Å². The molecular weight excluding hydrogens is 424 g/mol. The number of ether oxygens (including phenoxy) is 1. The molecule has 2 aromatic carbocycles. The Balaban J connectivity index is 1.59. The van der Waals surface area contributed by atoms with Crippen molar-refractivity contribution in [1.29, 1.82) is 0 Å². The molecule has 1 atom stereocenters. The molecule has 178 valence electrons. The Bertz CT molecular complexity index is 1250. The van der Waals surface area contributed by atoms with Gasteiger partial charge < -0.3 is 10.1 Å². The Morgan fingerprint density at radius 3 is 2.65 bits per heavy atom. The number of carbonyl (C=O) groups is 2. The maximum Gasteiger partial charge on any atom is 0.339 e. The van der Waals surface area contributed by atoms with Crippen molar-refractivity contribution in [2.24, 2.45) is 11.3 Å². The summed E-state index contributed by atoms with van der Waals surface area (Å²) in [5.41, 5.74) is 6.32. The molecule has 1 N–H and O–H groups in total. The summed E-state index contributed by atoms with van der Waals surface area (Å²) < 4.78 is 5.57. The van der Waals surface area contributed by atoms with Gasteiger partial charge in [0.05, 0.1) is 11.1 Å². The second kappa shape index (κ2) is 9.57. The van der Waals surface area contributed by atoms with Gasteiger partial charge in [0.15, 0.2) is 6.61 Å². The lowest BCUT2D eigenvalue weighted by Crippen LogP contribution is -2.31. The molecular formula is C29H34N2O3. The maximum absolute atomic E-state index is 13.4. The predicted molar refractivity (Wildman–Crippen MR) is 136 cm³/mol. The van der Waals surface area contributed by atoms with Gasteiger partial charge in [0.1, 0.15) is 0 Å². The van der Waals surface area contributed by atoms with Crippen LogP contribution in [0.3, 0.4) is 0 Å². The van der Waals surface area contributed by atoms with Crippen molar-refractivity contribution in [2.75, 3.05) is 11.9 Å². The molecule has 1 aliphatic rings. The van der Waals surface area contributed by atoms with Gasteiger partial charge >= 0.3 is 5.97 Å². The Hall–Kier alpha value is -3.21. The van der Waals surface area contributed by atoms with Crippen LogP contribution in [0.1, 0.15) is 66.4 Å². The van der Waals surface area contributed by atoms with E-state index in [2.05, 4.69) is 26.1 Å². The quantitative estimate of drug-likeness (QED) is 0.447. The van der Waals surface area contributed by atoms with Crippen molar-refractivity contribution in [3.05, 3.63) is 70.4 Å². The molecule has 1 aliphatic carbocycles. The molecule has 4 rings (SSSR count). The van der Waals surface area contributed by atoms with Gasteiger partial charge in [-0.05, 0) is 67.7 Å². The zero-order chi connectivity index (χ0) is 24.5. The fourth-order valence-electron chi connectivity index (χ4n) is 4.92. The highest BCUT2D eigenvalue weighted by molar-refractivity contribution is 6.06. The van der Waals surface area contributed by atoms with Gasteiger partial charge in [0.25, 0.3) is 5.91 Å². The van der Waals surface area contributed by atoms with Gasteiger partial charge in [0, 0.05) is 16.8 Å². The van der Waals surface area contributed by atoms with E-state index in [4.69, 9.17) is 9.72 Å². The van der Waals surface area contributed by atoms with Crippen LogP contribution in [-0.2, 0) is 22.4 Å². The molecule has 0 spiro atoms. The molecule has 3 aromatic rings. The average molecular weight is 459 g/mol. The Labute approximate surface area is 201 Å². The minimum absolute atomic E-state index is 0.177. The first-order chi connectivity index (χ1) is 16.2. The summed E-state index contributed by atoms with van der Waals surface area (Å²) in [5, 5.41) is 3.64. The standard InChI is InChI=1S/C29H34N2O3/c1-6-29(4,5)20-12-14-25-22(16-20)27(21-9-7-8-10-24(21)30-25)28(33)34-17-26(32)31-23-13-11-18(2)15-19(23)3/h7-11,13,15,20H,6,12,14,16-17H2,1-5H3,(H,31,32). The van der Waals surface area contributed by atoms with Crippen LogP contribution in [0.5, 0.6) is 0 Å². The summed E-state index contributed by atoms with van der Waals surface area (Å²) in [5.74, 6) is -0.342. The maximum atomic E-state index is 13.4. The first-order valence-corrected chi connectivity index (χ1v) is 12.1. The van der Waals surface area contributed by atoms with Crippen molar-refractivity contribution in [3.63, 3.8) is 0 Å². The topological polar surface area (TPSA) is 68.3 Å². The van der Waals surface area contributed by atoms with Crippen LogP contribution in [0, 0.1) is 25.2 Å². The lowest BCUT2D eigenvalue weighted by molar-refractivity contribution is -0.119. The van der Waals surface area contributed by atoms with Crippen molar-refractivity contribution in [1.82, 2.24) is 4.98 Å². The number of esters is 1. The third kappa shape index (κ3) is 4.84. The minimum atomic E-state index is -0.458. The number of nitrogens with one attached hydrogen (secondary N) is 1. The number of aromatic nitrogens is 1. The summed E-state index contributed by atoms with van der Waals surface area (Å²) in [6.07, 6.45) is 3.79. The number of carbonyl (C=O) groups excluding carboxylic acids is 2. The van der Waals surface area contributed by atoms with Crippen LogP contribution in [0.15, 0.2) is 42.5 Å². The smallest absolute Gasteiger partial charge is 0.339 e. The molecule has 1 heterocycles. The van der Waals surface area contributed by atoms with Crippen LogP contribution in [0.4, 0.5) is 5.69 Å². The van der Waals surface area contributed by atoms with Gasteiger partial charge in [-0.15, -0.1) is 0 Å². The lowest BCUT2D eigenvalue weighted by atomic mass is 9.68. The van der Waals surface area contributed by atoms with E-state index < -0.39 is 5.97 Å². The second-order valence-electron chi connectivity index (χ2n) is 10.2. The molecule has 0 aliphatic heterocycles. The van der Waals surface area contributed by atoms with Crippen LogP contribution in [0.25, 0.3) is 10.9 Å². The monoisotopic (exact) mass is 458 g/mol. The van der Waals surface area contributed by atoms with Gasteiger partial charge in [-0.25, -0.2) is 4.79 Å². The summed E-state index contributed by atoms with van der Waals surface area (Å²) in [6, 6.07) is 13.5. The summed E-state index contributed by atoms with van der Waals surface area (Å²) in [6.45, 7) is 10.4. The predicted octanol–water partition coefficient (Wildman–Crippen LogP) is 6.19. The number of pyridine rings is 1. The second-order valence-corrected chi connectivity index (χ2v) is 10.2. The fourth-order valence-corrected chi connectivity index (χ4v) is 4.92. The largest absolute Gasteiger partial charge is 0.452 e. The molecule has 5 heteroatoms. The van der Waals surface area contributed by atoms with E-state index in [1.54, 1.807) is 0 Å². The number of rotatable bonds is 6. The summed E-state index contributed by atoms with van der Waals surface area (Å²) in [7, 11) is 0. The fraction of sp³-hybridized carbons (Fsp3) is 0.414. The van der Waals surface area contributed by atoms with Gasteiger partial charge in [0.2, 0.25) is 0 Å². The first kappa shape index (κ1) is 23.9. The number of benzene rings is 2. The number of anilines is 1. The number of amides is 1. The lowest BCUT2D eigenvalue weighted by Gasteiger charge is -2.37. The van der Waals surface area contributed by atoms with Gasteiger partial charge in [-0.2, -0.15) is 0 Å². The zero-order valence-corrected chi connectivity index (χ0v) is 20.8. The molecule has 34 heavy (non-hydrogen) atoms. The number of para-hydroxylation sites is 1.